The highest BCUT2D eigenvalue weighted by molar-refractivity contribution is 5.56. The maximum absolute atomic E-state index is 13.6. The van der Waals surface area contributed by atoms with E-state index in [9.17, 15) is 4.39 Å². The van der Waals surface area contributed by atoms with Gasteiger partial charge in [0.15, 0.2) is 5.82 Å². The summed E-state index contributed by atoms with van der Waals surface area (Å²) in [5, 5.41) is 0. The zero-order valence-electron chi connectivity index (χ0n) is 9.35. The highest BCUT2D eigenvalue weighted by atomic mass is 19.1. The summed E-state index contributed by atoms with van der Waals surface area (Å²) in [6.45, 7) is 0.250. The third-order valence-electron chi connectivity index (χ3n) is 2.29. The first kappa shape index (κ1) is 11.5. The Kier molecular flexibility index (Phi) is 3.30. The Labute approximate surface area is 98.3 Å². The summed E-state index contributed by atoms with van der Waals surface area (Å²) in [6, 6.07) is 7.95. The minimum absolute atomic E-state index is 0.250. The average Bonchev–Trinajstić information content (AvgIpc) is 2.38. The second-order valence-electron chi connectivity index (χ2n) is 3.41. The molecule has 0 fully saturated rings. The second kappa shape index (κ2) is 4.88. The van der Waals surface area contributed by atoms with Crippen LogP contribution in [0.5, 0.6) is 5.88 Å². The van der Waals surface area contributed by atoms with Crippen molar-refractivity contribution in [1.82, 2.24) is 9.97 Å². The molecule has 5 heteroatoms. The van der Waals surface area contributed by atoms with Gasteiger partial charge in [-0.1, -0.05) is 12.1 Å². The molecule has 0 radical (unpaired) electrons. The van der Waals surface area contributed by atoms with Crippen LogP contribution in [0, 0.1) is 5.82 Å². The van der Waals surface area contributed by atoms with Crippen LogP contribution in [0.2, 0.25) is 0 Å². The first-order valence-electron chi connectivity index (χ1n) is 5.11. The van der Waals surface area contributed by atoms with Crippen molar-refractivity contribution in [2.24, 2.45) is 5.73 Å². The minimum atomic E-state index is -0.372. The molecule has 88 valence electrons. The molecule has 1 aromatic carbocycles. The average molecular weight is 233 g/mol. The number of benzene rings is 1. The van der Waals surface area contributed by atoms with E-state index < -0.39 is 0 Å². The fourth-order valence-electron chi connectivity index (χ4n) is 1.44. The lowest BCUT2D eigenvalue weighted by Gasteiger charge is -2.06. The molecule has 0 aliphatic rings. The van der Waals surface area contributed by atoms with Crippen molar-refractivity contribution in [2.75, 3.05) is 7.11 Å². The van der Waals surface area contributed by atoms with Gasteiger partial charge >= 0.3 is 0 Å². The van der Waals surface area contributed by atoms with Gasteiger partial charge in [0, 0.05) is 12.6 Å². The van der Waals surface area contributed by atoms with E-state index in [4.69, 9.17) is 10.5 Å². The SMILES string of the molecule is COc1cc(CN)nc(-c2ccccc2F)n1. The zero-order valence-corrected chi connectivity index (χ0v) is 9.35. The van der Waals surface area contributed by atoms with Gasteiger partial charge in [-0.25, -0.2) is 9.37 Å². The van der Waals surface area contributed by atoms with Crippen molar-refractivity contribution in [3.63, 3.8) is 0 Å². The molecule has 2 aromatic rings. The molecule has 1 aromatic heterocycles. The van der Waals surface area contributed by atoms with Crippen LogP contribution in [-0.4, -0.2) is 17.1 Å². The van der Waals surface area contributed by atoms with Gasteiger partial charge in [-0.3, -0.25) is 0 Å². The Morgan fingerprint density at radius 2 is 2.06 bits per heavy atom. The molecule has 0 spiro atoms. The van der Waals surface area contributed by atoms with Gasteiger partial charge < -0.3 is 10.5 Å². The molecular weight excluding hydrogens is 221 g/mol. The van der Waals surface area contributed by atoms with E-state index in [2.05, 4.69) is 9.97 Å². The first-order chi connectivity index (χ1) is 8.24. The van der Waals surface area contributed by atoms with Gasteiger partial charge in [0.2, 0.25) is 5.88 Å². The zero-order chi connectivity index (χ0) is 12.3. The number of nitrogens with two attached hydrogens (primary N) is 1. The maximum atomic E-state index is 13.6. The summed E-state index contributed by atoms with van der Waals surface area (Å²) in [4.78, 5) is 8.28. The maximum Gasteiger partial charge on any atom is 0.216 e. The number of rotatable bonds is 3. The molecule has 0 atom stereocenters. The van der Waals surface area contributed by atoms with Gasteiger partial charge in [0.1, 0.15) is 5.82 Å². The van der Waals surface area contributed by atoms with Crippen molar-refractivity contribution in [2.45, 2.75) is 6.54 Å². The van der Waals surface area contributed by atoms with E-state index in [1.807, 2.05) is 0 Å². The molecule has 0 unspecified atom stereocenters. The lowest BCUT2D eigenvalue weighted by atomic mass is 10.2. The smallest absolute Gasteiger partial charge is 0.216 e. The molecule has 0 amide bonds. The molecule has 2 N–H and O–H groups in total. The highest BCUT2D eigenvalue weighted by Crippen LogP contribution is 2.21. The van der Waals surface area contributed by atoms with Crippen molar-refractivity contribution < 1.29 is 9.13 Å². The summed E-state index contributed by atoms with van der Waals surface area (Å²) in [5.74, 6) is 0.283. The van der Waals surface area contributed by atoms with Crippen molar-refractivity contribution in [3.05, 3.63) is 41.8 Å². The number of nitrogens with zero attached hydrogens (tertiary/aromatic N) is 2. The molecule has 0 aliphatic carbocycles. The predicted octanol–water partition coefficient (Wildman–Crippen LogP) is 1.75. The Morgan fingerprint density at radius 3 is 2.71 bits per heavy atom. The molecule has 0 saturated carbocycles. The fraction of sp³-hybridized carbons (Fsp3) is 0.167. The summed E-state index contributed by atoms with van der Waals surface area (Å²) in [5.41, 5.74) is 6.46. The van der Waals surface area contributed by atoms with Crippen molar-refractivity contribution in [1.29, 1.82) is 0 Å². The number of methoxy groups -OCH3 is 1. The molecule has 17 heavy (non-hydrogen) atoms. The van der Waals surface area contributed by atoms with Crippen molar-refractivity contribution in [3.8, 4) is 17.3 Å². The third-order valence-corrected chi connectivity index (χ3v) is 2.29. The van der Waals surface area contributed by atoms with Crippen molar-refractivity contribution >= 4 is 0 Å². The van der Waals surface area contributed by atoms with Crippen LogP contribution >= 0.6 is 0 Å². The Balaban J connectivity index is 2.55. The van der Waals surface area contributed by atoms with E-state index >= 15 is 0 Å². The van der Waals surface area contributed by atoms with E-state index in [1.165, 1.54) is 13.2 Å². The number of halogens is 1. The van der Waals surface area contributed by atoms with E-state index in [0.717, 1.165) is 0 Å². The lowest BCUT2D eigenvalue weighted by molar-refractivity contribution is 0.396. The number of ether oxygens (including phenoxy) is 1. The van der Waals surface area contributed by atoms with Gasteiger partial charge in [-0.2, -0.15) is 4.98 Å². The van der Waals surface area contributed by atoms with Crippen LogP contribution in [0.4, 0.5) is 4.39 Å². The summed E-state index contributed by atoms with van der Waals surface area (Å²) >= 11 is 0. The van der Waals surface area contributed by atoms with Gasteiger partial charge in [0.05, 0.1) is 18.4 Å². The third kappa shape index (κ3) is 2.39. The Hall–Kier alpha value is -2.01. The number of aromatic nitrogens is 2. The highest BCUT2D eigenvalue weighted by Gasteiger charge is 2.10. The van der Waals surface area contributed by atoms with E-state index in [-0.39, 0.29) is 18.2 Å². The molecule has 0 bridgehead atoms. The summed E-state index contributed by atoms with van der Waals surface area (Å²) in [6.07, 6.45) is 0. The number of hydrogen-bond acceptors (Lipinski definition) is 4. The molecular formula is C12H12FN3O. The fourth-order valence-corrected chi connectivity index (χ4v) is 1.44. The molecule has 4 nitrogen and oxygen atoms in total. The van der Waals surface area contributed by atoms with Crippen LogP contribution in [0.3, 0.4) is 0 Å². The molecule has 0 aliphatic heterocycles. The minimum Gasteiger partial charge on any atom is -0.481 e. The first-order valence-corrected chi connectivity index (χ1v) is 5.11. The van der Waals surface area contributed by atoms with Crippen LogP contribution in [0.15, 0.2) is 30.3 Å². The summed E-state index contributed by atoms with van der Waals surface area (Å²) < 4.78 is 18.6. The monoisotopic (exact) mass is 233 g/mol. The summed E-state index contributed by atoms with van der Waals surface area (Å²) in [7, 11) is 1.49. The normalized spacial score (nSPS) is 10.3. The van der Waals surface area contributed by atoms with Crippen LogP contribution in [0.1, 0.15) is 5.69 Å². The van der Waals surface area contributed by atoms with Gasteiger partial charge in [-0.05, 0) is 12.1 Å². The quantitative estimate of drug-likeness (QED) is 0.877. The van der Waals surface area contributed by atoms with E-state index in [0.29, 0.717) is 17.1 Å². The Bertz CT molecular complexity index is 509. The van der Waals surface area contributed by atoms with Crippen LogP contribution < -0.4 is 10.5 Å². The molecule has 2 rings (SSSR count). The predicted molar refractivity (Wildman–Crippen MR) is 61.9 cm³/mol. The topological polar surface area (TPSA) is 61.0 Å². The largest absolute Gasteiger partial charge is 0.481 e. The lowest BCUT2D eigenvalue weighted by Crippen LogP contribution is -2.04. The molecule has 0 saturated heterocycles. The number of hydrogen-bond donors (Lipinski definition) is 1. The van der Waals surface area contributed by atoms with Gasteiger partial charge in [-0.15, -0.1) is 0 Å². The van der Waals surface area contributed by atoms with E-state index in [1.54, 1.807) is 24.3 Å². The van der Waals surface area contributed by atoms with Crippen LogP contribution in [-0.2, 0) is 6.54 Å². The van der Waals surface area contributed by atoms with Gasteiger partial charge in [0.25, 0.3) is 0 Å². The standard InChI is InChI=1S/C12H12FN3O/c1-17-11-6-8(7-14)15-12(16-11)9-4-2-3-5-10(9)13/h2-6H,7,14H2,1H3. The second-order valence-corrected chi connectivity index (χ2v) is 3.41. The Morgan fingerprint density at radius 1 is 1.29 bits per heavy atom. The molecule has 1 heterocycles. The van der Waals surface area contributed by atoms with Crippen LogP contribution in [0.25, 0.3) is 11.4 Å².